The molecule has 0 aliphatic rings. The summed E-state index contributed by atoms with van der Waals surface area (Å²) in [7, 11) is -3.62. The van der Waals surface area contributed by atoms with E-state index in [9.17, 15) is 13.2 Å². The average Bonchev–Trinajstić information content (AvgIpc) is 2.48. The number of sulfonamides is 1. The van der Waals surface area contributed by atoms with Crippen LogP contribution in [-0.4, -0.2) is 27.1 Å². The van der Waals surface area contributed by atoms with Crippen molar-refractivity contribution < 1.29 is 13.2 Å². The summed E-state index contributed by atoms with van der Waals surface area (Å²) in [5.74, 6) is -0.432. The lowest BCUT2D eigenvalue weighted by atomic mass is 10.2. The van der Waals surface area contributed by atoms with E-state index in [-0.39, 0.29) is 6.54 Å². The molecule has 0 unspecified atom stereocenters. The predicted molar refractivity (Wildman–Crippen MR) is 93.5 cm³/mol. The molecule has 0 aromatic heterocycles. The first-order chi connectivity index (χ1) is 10.8. The van der Waals surface area contributed by atoms with Gasteiger partial charge in [-0.25, -0.2) is 8.42 Å². The standard InChI is InChI=1S/C16H17ClN2O3S/c1-12-8-9-14(10-15(12)17)19(23(2,21)22)11-16(20)18-13-6-4-3-5-7-13/h3-10H,11H2,1-2H3,(H,18,20). The number of nitrogens with zero attached hydrogens (tertiary/aromatic N) is 1. The molecule has 0 saturated carbocycles. The zero-order valence-corrected chi connectivity index (χ0v) is 14.4. The molecule has 0 heterocycles. The monoisotopic (exact) mass is 352 g/mol. The summed E-state index contributed by atoms with van der Waals surface area (Å²) in [5, 5.41) is 3.11. The maximum Gasteiger partial charge on any atom is 0.245 e. The maximum absolute atomic E-state index is 12.1. The molecule has 0 radical (unpaired) electrons. The Balaban J connectivity index is 2.23. The summed E-state index contributed by atoms with van der Waals surface area (Å²) in [6.07, 6.45) is 1.05. The number of carbonyl (C=O) groups excluding carboxylic acids is 1. The average molecular weight is 353 g/mol. The van der Waals surface area contributed by atoms with E-state index in [1.54, 1.807) is 36.4 Å². The van der Waals surface area contributed by atoms with Gasteiger partial charge in [0, 0.05) is 10.7 Å². The summed E-state index contributed by atoms with van der Waals surface area (Å²) in [6, 6.07) is 13.7. The van der Waals surface area contributed by atoms with Gasteiger partial charge in [0.05, 0.1) is 11.9 Å². The molecule has 0 bridgehead atoms. The Morgan fingerprint density at radius 3 is 2.39 bits per heavy atom. The van der Waals surface area contributed by atoms with Gasteiger partial charge in [-0.3, -0.25) is 9.10 Å². The third-order valence-corrected chi connectivity index (χ3v) is 4.74. The zero-order valence-electron chi connectivity index (χ0n) is 12.8. The molecular formula is C16H17ClN2O3S. The van der Waals surface area contributed by atoms with Crippen molar-refractivity contribution in [2.75, 3.05) is 22.4 Å². The van der Waals surface area contributed by atoms with E-state index in [4.69, 9.17) is 11.6 Å². The third kappa shape index (κ3) is 4.71. The minimum Gasteiger partial charge on any atom is -0.325 e. The van der Waals surface area contributed by atoms with Gasteiger partial charge in [0.15, 0.2) is 0 Å². The van der Waals surface area contributed by atoms with Crippen LogP contribution in [-0.2, 0) is 14.8 Å². The maximum atomic E-state index is 12.1. The Labute approximate surface area is 140 Å². The second kappa shape index (κ2) is 7.02. The quantitative estimate of drug-likeness (QED) is 0.899. The molecule has 0 fully saturated rings. The van der Waals surface area contributed by atoms with Gasteiger partial charge in [-0.1, -0.05) is 35.9 Å². The highest BCUT2D eigenvalue weighted by atomic mass is 35.5. The Bertz CT molecular complexity index is 807. The SMILES string of the molecule is Cc1ccc(N(CC(=O)Nc2ccccc2)S(C)(=O)=O)cc1Cl. The largest absolute Gasteiger partial charge is 0.325 e. The molecule has 2 aromatic carbocycles. The van der Waals surface area contributed by atoms with Crippen molar-refractivity contribution in [2.24, 2.45) is 0 Å². The smallest absolute Gasteiger partial charge is 0.245 e. The van der Waals surface area contributed by atoms with Crippen molar-refractivity contribution >= 4 is 38.9 Å². The number of rotatable bonds is 5. The van der Waals surface area contributed by atoms with Gasteiger partial charge in [0.2, 0.25) is 15.9 Å². The van der Waals surface area contributed by atoms with Gasteiger partial charge < -0.3 is 5.32 Å². The lowest BCUT2D eigenvalue weighted by molar-refractivity contribution is -0.114. The minimum atomic E-state index is -3.62. The number of hydrogen-bond acceptors (Lipinski definition) is 3. The van der Waals surface area contributed by atoms with E-state index < -0.39 is 15.9 Å². The molecule has 0 aliphatic heterocycles. The molecule has 0 spiro atoms. The van der Waals surface area contributed by atoms with E-state index in [0.717, 1.165) is 16.1 Å². The fourth-order valence-corrected chi connectivity index (χ4v) is 3.01. The number of halogens is 1. The van der Waals surface area contributed by atoms with Crippen LogP contribution in [0.15, 0.2) is 48.5 Å². The second-order valence-corrected chi connectivity index (χ2v) is 7.43. The predicted octanol–water partition coefficient (Wildman–Crippen LogP) is 3.05. The van der Waals surface area contributed by atoms with Crippen molar-refractivity contribution in [3.8, 4) is 0 Å². The summed E-state index contributed by atoms with van der Waals surface area (Å²) < 4.78 is 25.1. The van der Waals surface area contributed by atoms with Gasteiger partial charge in [-0.05, 0) is 36.8 Å². The molecule has 23 heavy (non-hydrogen) atoms. The minimum absolute atomic E-state index is 0.326. The molecular weight excluding hydrogens is 336 g/mol. The van der Waals surface area contributed by atoms with E-state index in [2.05, 4.69) is 5.32 Å². The van der Waals surface area contributed by atoms with Crippen LogP contribution in [0.3, 0.4) is 0 Å². The number of aryl methyl sites for hydroxylation is 1. The van der Waals surface area contributed by atoms with Crippen molar-refractivity contribution in [2.45, 2.75) is 6.92 Å². The van der Waals surface area contributed by atoms with Crippen molar-refractivity contribution in [1.29, 1.82) is 0 Å². The number of carbonyl (C=O) groups is 1. The van der Waals surface area contributed by atoms with E-state index in [1.807, 2.05) is 13.0 Å². The van der Waals surface area contributed by atoms with Crippen molar-refractivity contribution in [3.63, 3.8) is 0 Å². The molecule has 0 aliphatic carbocycles. The van der Waals surface area contributed by atoms with E-state index in [1.165, 1.54) is 6.07 Å². The van der Waals surface area contributed by atoms with Crippen LogP contribution in [0.5, 0.6) is 0 Å². The molecule has 0 atom stereocenters. The number of hydrogen-bond donors (Lipinski definition) is 1. The Morgan fingerprint density at radius 2 is 1.83 bits per heavy atom. The number of para-hydroxylation sites is 1. The van der Waals surface area contributed by atoms with Gasteiger partial charge in [-0.15, -0.1) is 0 Å². The fourth-order valence-electron chi connectivity index (χ4n) is 1.99. The van der Waals surface area contributed by atoms with Crippen LogP contribution in [0.2, 0.25) is 5.02 Å². The van der Waals surface area contributed by atoms with Crippen LogP contribution in [0.4, 0.5) is 11.4 Å². The first kappa shape index (κ1) is 17.3. The third-order valence-electron chi connectivity index (χ3n) is 3.19. The molecule has 5 nitrogen and oxygen atoms in total. The molecule has 2 rings (SSSR count). The van der Waals surface area contributed by atoms with Gasteiger partial charge in [0.25, 0.3) is 0 Å². The molecule has 7 heteroatoms. The van der Waals surface area contributed by atoms with E-state index >= 15 is 0 Å². The normalized spacial score (nSPS) is 11.1. The van der Waals surface area contributed by atoms with Gasteiger partial charge >= 0.3 is 0 Å². The zero-order chi connectivity index (χ0) is 17.0. The number of nitrogens with one attached hydrogen (secondary N) is 1. The summed E-state index contributed by atoms with van der Waals surface area (Å²) in [5.41, 5.74) is 1.79. The summed E-state index contributed by atoms with van der Waals surface area (Å²) >= 11 is 6.05. The molecule has 2 aromatic rings. The van der Waals surface area contributed by atoms with Gasteiger partial charge in [-0.2, -0.15) is 0 Å². The molecule has 0 saturated heterocycles. The van der Waals surface area contributed by atoms with E-state index in [0.29, 0.717) is 16.4 Å². The molecule has 1 N–H and O–H groups in total. The van der Waals surface area contributed by atoms with Crippen LogP contribution < -0.4 is 9.62 Å². The highest BCUT2D eigenvalue weighted by Gasteiger charge is 2.21. The summed E-state index contributed by atoms with van der Waals surface area (Å²) in [4.78, 5) is 12.1. The summed E-state index contributed by atoms with van der Waals surface area (Å²) in [6.45, 7) is 1.49. The number of anilines is 2. The van der Waals surface area contributed by atoms with Gasteiger partial charge in [0.1, 0.15) is 6.54 Å². The van der Waals surface area contributed by atoms with Crippen LogP contribution >= 0.6 is 11.6 Å². The van der Waals surface area contributed by atoms with Crippen LogP contribution in [0, 0.1) is 6.92 Å². The number of benzene rings is 2. The second-order valence-electron chi connectivity index (χ2n) is 5.12. The number of amides is 1. The topological polar surface area (TPSA) is 66.5 Å². The Kier molecular flexibility index (Phi) is 5.28. The lowest BCUT2D eigenvalue weighted by Crippen LogP contribution is -2.37. The molecule has 122 valence electrons. The van der Waals surface area contributed by atoms with Crippen molar-refractivity contribution in [3.05, 3.63) is 59.1 Å². The highest BCUT2D eigenvalue weighted by Crippen LogP contribution is 2.24. The Morgan fingerprint density at radius 1 is 1.17 bits per heavy atom. The first-order valence-corrected chi connectivity index (χ1v) is 9.09. The molecule has 1 amide bonds. The fraction of sp³-hybridized carbons (Fsp3) is 0.188. The van der Waals surface area contributed by atoms with Crippen molar-refractivity contribution in [1.82, 2.24) is 0 Å². The van der Waals surface area contributed by atoms with Crippen LogP contribution in [0.1, 0.15) is 5.56 Å². The lowest BCUT2D eigenvalue weighted by Gasteiger charge is -2.22. The van der Waals surface area contributed by atoms with Crippen LogP contribution in [0.25, 0.3) is 0 Å². The Hall–Kier alpha value is -2.05. The first-order valence-electron chi connectivity index (χ1n) is 6.86. The highest BCUT2D eigenvalue weighted by molar-refractivity contribution is 7.92.